The zero-order valence-corrected chi connectivity index (χ0v) is 18.9. The lowest BCUT2D eigenvalue weighted by atomic mass is 10.1. The van der Waals surface area contributed by atoms with Gasteiger partial charge in [-0.1, -0.05) is 12.1 Å². The largest absolute Gasteiger partial charge is 0.362 e. The third kappa shape index (κ3) is 4.46. The zero-order chi connectivity index (χ0) is 23.7. The van der Waals surface area contributed by atoms with Crippen LogP contribution >= 0.6 is 0 Å². The molecule has 0 saturated heterocycles. The molecule has 1 atom stereocenters. The van der Waals surface area contributed by atoms with Crippen LogP contribution in [0.1, 0.15) is 34.5 Å². The molecule has 0 unspecified atom stereocenters. The summed E-state index contributed by atoms with van der Waals surface area (Å²) in [5.41, 5.74) is 5.13. The number of pyridine rings is 1. The highest BCUT2D eigenvalue weighted by atomic mass is 16.1. The van der Waals surface area contributed by atoms with Crippen molar-refractivity contribution in [1.29, 1.82) is 0 Å². The fourth-order valence-corrected chi connectivity index (χ4v) is 3.62. The third-order valence-electron chi connectivity index (χ3n) is 5.33. The molecule has 1 aromatic carbocycles. The number of aromatic amines is 1. The number of aryl methyl sites for hydroxylation is 2. The first kappa shape index (κ1) is 21.3. The van der Waals surface area contributed by atoms with Crippen LogP contribution in [0.25, 0.3) is 22.7 Å². The number of fused-ring (bicyclic) bond motifs is 1. The normalized spacial score (nSPS) is 12.0. The van der Waals surface area contributed by atoms with Crippen molar-refractivity contribution in [3.63, 3.8) is 0 Å². The molecule has 4 heterocycles. The number of hydrogen-bond acceptors (Lipinski definition) is 7. The van der Waals surface area contributed by atoms with E-state index in [1.807, 2.05) is 51.4 Å². The molecule has 0 aliphatic heterocycles. The molecule has 34 heavy (non-hydrogen) atoms. The van der Waals surface area contributed by atoms with Crippen molar-refractivity contribution in [3.05, 3.63) is 78.0 Å². The summed E-state index contributed by atoms with van der Waals surface area (Å²) in [7, 11) is 1.85. The summed E-state index contributed by atoms with van der Waals surface area (Å²) >= 11 is 0. The molecule has 10 nitrogen and oxygen atoms in total. The number of amides is 1. The first-order valence-electron chi connectivity index (χ1n) is 10.8. The van der Waals surface area contributed by atoms with Crippen LogP contribution in [0.2, 0.25) is 0 Å². The third-order valence-corrected chi connectivity index (χ3v) is 5.33. The van der Waals surface area contributed by atoms with Crippen LogP contribution in [0.15, 0.2) is 61.3 Å². The Kier molecular flexibility index (Phi) is 5.46. The van der Waals surface area contributed by atoms with Gasteiger partial charge >= 0.3 is 0 Å². The van der Waals surface area contributed by atoms with Gasteiger partial charge in [0.1, 0.15) is 11.6 Å². The quantitative estimate of drug-likeness (QED) is 0.356. The van der Waals surface area contributed by atoms with Gasteiger partial charge in [-0.2, -0.15) is 5.10 Å². The van der Waals surface area contributed by atoms with Crippen LogP contribution in [-0.4, -0.2) is 40.6 Å². The molecule has 3 N–H and O–H groups in total. The average molecular weight is 454 g/mol. The van der Waals surface area contributed by atoms with Crippen LogP contribution in [0, 0.1) is 6.92 Å². The summed E-state index contributed by atoms with van der Waals surface area (Å²) in [6.07, 6.45) is 8.54. The summed E-state index contributed by atoms with van der Waals surface area (Å²) in [4.78, 5) is 33.4. The van der Waals surface area contributed by atoms with Crippen LogP contribution in [0.4, 0.5) is 11.5 Å². The lowest BCUT2D eigenvalue weighted by molar-refractivity contribution is 0.102. The molecule has 0 fully saturated rings. The van der Waals surface area contributed by atoms with Gasteiger partial charge in [-0.15, -0.1) is 0 Å². The fraction of sp³-hybridized carbons (Fsp3) is 0.167. The van der Waals surface area contributed by atoms with Gasteiger partial charge in [0, 0.05) is 31.3 Å². The van der Waals surface area contributed by atoms with E-state index in [1.54, 1.807) is 35.5 Å². The molecule has 0 aliphatic carbocycles. The van der Waals surface area contributed by atoms with E-state index in [4.69, 9.17) is 0 Å². The van der Waals surface area contributed by atoms with Crippen LogP contribution < -0.4 is 10.6 Å². The highest BCUT2D eigenvalue weighted by Gasteiger charge is 2.13. The number of benzene rings is 1. The van der Waals surface area contributed by atoms with Gasteiger partial charge in [-0.25, -0.2) is 15.0 Å². The smallest absolute Gasteiger partial charge is 0.257 e. The summed E-state index contributed by atoms with van der Waals surface area (Å²) in [6.45, 7) is 3.92. The van der Waals surface area contributed by atoms with Crippen molar-refractivity contribution in [2.45, 2.75) is 19.9 Å². The number of rotatable bonds is 6. The summed E-state index contributed by atoms with van der Waals surface area (Å²) in [6, 6.07) is 9.41. The van der Waals surface area contributed by atoms with Gasteiger partial charge in [0.15, 0.2) is 11.3 Å². The van der Waals surface area contributed by atoms with Crippen LogP contribution in [0.3, 0.4) is 0 Å². The van der Waals surface area contributed by atoms with E-state index in [2.05, 4.69) is 40.7 Å². The van der Waals surface area contributed by atoms with Crippen molar-refractivity contribution in [1.82, 2.24) is 34.7 Å². The molecule has 10 heteroatoms. The predicted molar refractivity (Wildman–Crippen MR) is 129 cm³/mol. The topological polar surface area (TPSA) is 126 Å². The Bertz CT molecular complexity index is 1490. The standard InChI is InChI=1S/C24H23N9O/c1-14-7-17(10-25-9-14)24(34)29-19-6-4-5-16(8-19)15(2)28-20-12-26-22-23(30-20)32-21(31-22)18-11-27-33(3)13-18/h4-13,15H,1-3H3,(H,29,34)(H2,26,28,30,31,32)/t15-/m0/s1. The Morgan fingerprint density at radius 2 is 2.00 bits per heavy atom. The second kappa shape index (κ2) is 8.74. The number of nitrogens with zero attached hydrogens (tertiary/aromatic N) is 6. The van der Waals surface area contributed by atoms with Crippen molar-refractivity contribution >= 4 is 28.7 Å². The van der Waals surface area contributed by atoms with Gasteiger partial charge in [-0.05, 0) is 43.2 Å². The van der Waals surface area contributed by atoms with Gasteiger partial charge in [-0.3, -0.25) is 14.5 Å². The molecule has 0 spiro atoms. The number of hydrogen-bond donors (Lipinski definition) is 3. The minimum Gasteiger partial charge on any atom is -0.362 e. The molecule has 0 aliphatic rings. The number of imidazole rings is 1. The van der Waals surface area contributed by atoms with E-state index >= 15 is 0 Å². The average Bonchev–Trinajstić information content (AvgIpc) is 3.45. The number of aromatic nitrogens is 7. The number of H-pyrrole nitrogens is 1. The van der Waals surface area contributed by atoms with E-state index in [-0.39, 0.29) is 11.9 Å². The van der Waals surface area contributed by atoms with Gasteiger partial charge in [0.05, 0.1) is 29.6 Å². The number of carbonyl (C=O) groups is 1. The Balaban J connectivity index is 1.31. The van der Waals surface area contributed by atoms with Gasteiger partial charge in [0.2, 0.25) is 0 Å². The monoisotopic (exact) mass is 453 g/mol. The SMILES string of the molecule is Cc1cncc(C(=O)Nc2cccc([C@H](C)Nc3cnc4nc(-c5cnn(C)c5)[nH]c4n3)c2)c1. The van der Waals surface area contributed by atoms with Gasteiger partial charge < -0.3 is 15.6 Å². The fourth-order valence-electron chi connectivity index (χ4n) is 3.62. The molecule has 5 rings (SSSR count). The first-order chi connectivity index (χ1) is 16.4. The summed E-state index contributed by atoms with van der Waals surface area (Å²) in [5.74, 6) is 1.08. The highest BCUT2D eigenvalue weighted by Crippen LogP contribution is 2.23. The lowest BCUT2D eigenvalue weighted by Gasteiger charge is -2.16. The first-order valence-corrected chi connectivity index (χ1v) is 10.8. The maximum absolute atomic E-state index is 12.6. The molecule has 170 valence electrons. The Morgan fingerprint density at radius 3 is 2.79 bits per heavy atom. The molecule has 1 amide bonds. The summed E-state index contributed by atoms with van der Waals surface area (Å²) < 4.78 is 1.71. The number of carbonyl (C=O) groups excluding carboxylic acids is 1. The molecule has 0 saturated carbocycles. The molecular weight excluding hydrogens is 430 g/mol. The van der Waals surface area contributed by atoms with Crippen molar-refractivity contribution in [2.24, 2.45) is 7.05 Å². The minimum atomic E-state index is -0.200. The maximum atomic E-state index is 12.6. The Morgan fingerprint density at radius 1 is 1.12 bits per heavy atom. The number of anilines is 2. The molecular formula is C24H23N9O. The molecule has 4 aromatic heterocycles. The predicted octanol–water partition coefficient (Wildman–Crippen LogP) is 3.88. The van der Waals surface area contributed by atoms with Gasteiger partial charge in [0.25, 0.3) is 5.91 Å². The van der Waals surface area contributed by atoms with Crippen LogP contribution in [-0.2, 0) is 7.05 Å². The lowest BCUT2D eigenvalue weighted by Crippen LogP contribution is -2.13. The zero-order valence-electron chi connectivity index (χ0n) is 18.9. The van der Waals surface area contributed by atoms with Crippen molar-refractivity contribution < 1.29 is 4.79 Å². The number of nitrogens with one attached hydrogen (secondary N) is 3. The van der Waals surface area contributed by atoms with Crippen molar-refractivity contribution in [3.8, 4) is 11.4 Å². The highest BCUT2D eigenvalue weighted by molar-refractivity contribution is 6.04. The molecule has 0 radical (unpaired) electrons. The Labute approximate surface area is 195 Å². The van der Waals surface area contributed by atoms with Crippen LogP contribution in [0.5, 0.6) is 0 Å². The van der Waals surface area contributed by atoms with E-state index < -0.39 is 0 Å². The second-order valence-electron chi connectivity index (χ2n) is 8.11. The van der Waals surface area contributed by atoms with E-state index in [9.17, 15) is 4.79 Å². The second-order valence-corrected chi connectivity index (χ2v) is 8.11. The Hall–Kier alpha value is -4.60. The maximum Gasteiger partial charge on any atom is 0.257 e. The molecule has 0 bridgehead atoms. The van der Waals surface area contributed by atoms with Crippen molar-refractivity contribution in [2.75, 3.05) is 10.6 Å². The molecule has 5 aromatic rings. The van der Waals surface area contributed by atoms with E-state index in [0.29, 0.717) is 34.2 Å². The minimum absolute atomic E-state index is 0.0787. The van der Waals surface area contributed by atoms with E-state index in [0.717, 1.165) is 16.7 Å². The van der Waals surface area contributed by atoms with E-state index in [1.165, 1.54) is 0 Å². The summed E-state index contributed by atoms with van der Waals surface area (Å²) in [5, 5.41) is 10.5.